The van der Waals surface area contributed by atoms with Crippen molar-refractivity contribution in [3.8, 4) is 22.6 Å². The molecule has 10 heteroatoms. The van der Waals surface area contributed by atoms with Gasteiger partial charge in [-0.05, 0) is 42.7 Å². The van der Waals surface area contributed by atoms with Gasteiger partial charge in [0.05, 0.1) is 10.7 Å². The second-order valence-corrected chi connectivity index (χ2v) is 7.96. The Bertz CT molecular complexity index is 1440. The van der Waals surface area contributed by atoms with Crippen LogP contribution in [0.1, 0.15) is 5.89 Å². The van der Waals surface area contributed by atoms with E-state index in [0.29, 0.717) is 22.1 Å². The molecule has 0 radical (unpaired) electrons. The van der Waals surface area contributed by atoms with Crippen molar-refractivity contribution in [3.05, 3.63) is 82.2 Å². The molecule has 5 rings (SSSR count). The van der Waals surface area contributed by atoms with Gasteiger partial charge in [-0.15, -0.1) is 11.8 Å². The molecule has 2 aromatic carbocycles. The predicted molar refractivity (Wildman–Crippen MR) is 118 cm³/mol. The van der Waals surface area contributed by atoms with Gasteiger partial charge in [-0.3, -0.25) is 4.79 Å². The SMILES string of the molecule is CSc1ccc(-c2noc(Cn3ncn4nc(-c5ccccc5Cl)cc4c3=O)n2)cc1. The van der Waals surface area contributed by atoms with Crippen molar-refractivity contribution in [1.82, 2.24) is 29.5 Å². The van der Waals surface area contributed by atoms with E-state index in [-0.39, 0.29) is 18.0 Å². The lowest BCUT2D eigenvalue weighted by molar-refractivity contribution is 0.362. The van der Waals surface area contributed by atoms with E-state index in [2.05, 4.69) is 20.3 Å². The first-order valence-corrected chi connectivity index (χ1v) is 10.9. The number of aromatic nitrogens is 6. The Hall–Kier alpha value is -3.43. The Balaban J connectivity index is 1.44. The average molecular weight is 451 g/mol. The summed E-state index contributed by atoms with van der Waals surface area (Å²) in [6.45, 7) is 0.0534. The van der Waals surface area contributed by atoms with E-state index in [1.165, 1.54) is 15.5 Å². The minimum absolute atomic E-state index is 0.0534. The molecule has 3 heterocycles. The molecule has 0 unspecified atom stereocenters. The van der Waals surface area contributed by atoms with E-state index in [0.717, 1.165) is 16.0 Å². The fraction of sp³-hybridized carbons (Fsp3) is 0.0952. The predicted octanol–water partition coefficient (Wildman–Crippen LogP) is 4.03. The zero-order valence-corrected chi connectivity index (χ0v) is 17.8. The molecule has 0 bridgehead atoms. The van der Waals surface area contributed by atoms with E-state index < -0.39 is 0 Å². The lowest BCUT2D eigenvalue weighted by Crippen LogP contribution is -2.25. The van der Waals surface area contributed by atoms with Gasteiger partial charge in [0.15, 0.2) is 0 Å². The maximum absolute atomic E-state index is 12.9. The summed E-state index contributed by atoms with van der Waals surface area (Å²) in [5.41, 5.74) is 2.22. The molecule has 0 spiro atoms. The standard InChI is InChI=1S/C21H15ClN6O2S/c1-31-14-8-6-13(7-9-14)20-24-19(30-26-20)11-27-21(29)18-10-17(25-28(18)12-23-27)15-4-2-3-5-16(15)22/h2-10,12H,11H2,1H3. The molecule has 0 aliphatic rings. The first kappa shape index (κ1) is 19.5. The highest BCUT2D eigenvalue weighted by Gasteiger charge is 2.15. The number of rotatable bonds is 5. The van der Waals surface area contributed by atoms with Crippen molar-refractivity contribution in [2.24, 2.45) is 0 Å². The summed E-state index contributed by atoms with van der Waals surface area (Å²) >= 11 is 7.92. The Morgan fingerprint density at radius 1 is 1.13 bits per heavy atom. The number of thioether (sulfide) groups is 1. The van der Waals surface area contributed by atoms with Crippen molar-refractivity contribution >= 4 is 28.9 Å². The molecule has 0 fully saturated rings. The summed E-state index contributed by atoms with van der Waals surface area (Å²) < 4.78 is 8.03. The molecule has 0 N–H and O–H groups in total. The molecule has 0 amide bonds. The highest BCUT2D eigenvalue weighted by Crippen LogP contribution is 2.26. The molecular formula is C21H15ClN6O2S. The topological polar surface area (TPSA) is 91.1 Å². The van der Waals surface area contributed by atoms with Crippen molar-refractivity contribution in [2.75, 3.05) is 6.26 Å². The largest absolute Gasteiger partial charge is 0.337 e. The quantitative estimate of drug-likeness (QED) is 0.373. The molecule has 0 saturated heterocycles. The van der Waals surface area contributed by atoms with Crippen LogP contribution in [0.5, 0.6) is 0 Å². The number of benzene rings is 2. The summed E-state index contributed by atoms with van der Waals surface area (Å²) in [5.74, 6) is 0.746. The van der Waals surface area contributed by atoms with Gasteiger partial charge in [0.25, 0.3) is 5.56 Å². The normalized spacial score (nSPS) is 11.3. The zero-order valence-electron chi connectivity index (χ0n) is 16.3. The van der Waals surface area contributed by atoms with Gasteiger partial charge in [0.1, 0.15) is 18.4 Å². The molecule has 5 aromatic rings. The van der Waals surface area contributed by atoms with Crippen LogP contribution in [0.25, 0.3) is 28.2 Å². The van der Waals surface area contributed by atoms with Crippen molar-refractivity contribution < 1.29 is 4.52 Å². The third-order valence-corrected chi connectivity index (χ3v) is 5.81. The maximum Gasteiger partial charge on any atom is 0.293 e. The van der Waals surface area contributed by atoms with Crippen molar-refractivity contribution in [2.45, 2.75) is 11.4 Å². The van der Waals surface area contributed by atoms with Crippen molar-refractivity contribution in [1.29, 1.82) is 0 Å². The summed E-state index contributed by atoms with van der Waals surface area (Å²) in [6, 6.07) is 16.9. The van der Waals surface area contributed by atoms with Gasteiger partial charge in [-0.1, -0.05) is 35.0 Å². The van der Waals surface area contributed by atoms with Crippen LogP contribution in [0.4, 0.5) is 0 Å². The van der Waals surface area contributed by atoms with Gasteiger partial charge < -0.3 is 4.52 Å². The summed E-state index contributed by atoms with van der Waals surface area (Å²) in [4.78, 5) is 18.5. The summed E-state index contributed by atoms with van der Waals surface area (Å²) in [5, 5.41) is 13.2. The van der Waals surface area contributed by atoms with E-state index >= 15 is 0 Å². The maximum atomic E-state index is 12.9. The first-order chi connectivity index (χ1) is 15.1. The Morgan fingerprint density at radius 2 is 1.94 bits per heavy atom. The highest BCUT2D eigenvalue weighted by molar-refractivity contribution is 7.98. The first-order valence-electron chi connectivity index (χ1n) is 9.30. The average Bonchev–Trinajstić information content (AvgIpc) is 3.44. The number of fused-ring (bicyclic) bond motifs is 1. The molecule has 0 aliphatic heterocycles. The molecule has 0 atom stereocenters. The van der Waals surface area contributed by atoms with Crippen LogP contribution >= 0.6 is 23.4 Å². The van der Waals surface area contributed by atoms with Gasteiger partial charge in [-0.25, -0.2) is 9.20 Å². The van der Waals surface area contributed by atoms with Crippen LogP contribution in [0, 0.1) is 0 Å². The zero-order chi connectivity index (χ0) is 21.4. The molecular weight excluding hydrogens is 436 g/mol. The number of hydrogen-bond donors (Lipinski definition) is 0. The third kappa shape index (κ3) is 3.73. The van der Waals surface area contributed by atoms with Crippen LogP contribution in [0.2, 0.25) is 5.02 Å². The molecule has 31 heavy (non-hydrogen) atoms. The Kier molecular flexibility index (Phi) is 5.05. The third-order valence-electron chi connectivity index (χ3n) is 4.74. The van der Waals surface area contributed by atoms with E-state index in [1.54, 1.807) is 23.9 Å². The van der Waals surface area contributed by atoms with Crippen LogP contribution < -0.4 is 5.56 Å². The lowest BCUT2D eigenvalue weighted by Gasteiger charge is -2.00. The van der Waals surface area contributed by atoms with Crippen molar-refractivity contribution in [3.63, 3.8) is 0 Å². The van der Waals surface area contributed by atoms with E-state index in [9.17, 15) is 4.79 Å². The van der Waals surface area contributed by atoms with Gasteiger partial charge in [-0.2, -0.15) is 15.2 Å². The fourth-order valence-corrected chi connectivity index (χ4v) is 3.80. The number of hydrogen-bond acceptors (Lipinski definition) is 7. The minimum Gasteiger partial charge on any atom is -0.337 e. The van der Waals surface area contributed by atoms with E-state index in [4.69, 9.17) is 16.1 Å². The van der Waals surface area contributed by atoms with Crippen LogP contribution in [0.15, 0.2) is 75.1 Å². The lowest BCUT2D eigenvalue weighted by atomic mass is 10.1. The second-order valence-electron chi connectivity index (χ2n) is 6.67. The molecule has 154 valence electrons. The van der Waals surface area contributed by atoms with Crippen LogP contribution in [-0.2, 0) is 6.54 Å². The highest BCUT2D eigenvalue weighted by atomic mass is 35.5. The molecule has 3 aromatic heterocycles. The fourth-order valence-electron chi connectivity index (χ4n) is 3.16. The number of nitrogens with zero attached hydrogens (tertiary/aromatic N) is 6. The Labute approximate surface area is 185 Å². The van der Waals surface area contributed by atoms with Crippen LogP contribution in [0.3, 0.4) is 0 Å². The molecule has 0 aliphatic carbocycles. The van der Waals surface area contributed by atoms with E-state index in [1.807, 2.05) is 48.7 Å². The molecule has 8 nitrogen and oxygen atoms in total. The smallest absolute Gasteiger partial charge is 0.293 e. The minimum atomic E-state index is -0.322. The van der Waals surface area contributed by atoms with Gasteiger partial charge in [0.2, 0.25) is 11.7 Å². The summed E-state index contributed by atoms with van der Waals surface area (Å²) in [7, 11) is 0. The number of halogens is 1. The monoisotopic (exact) mass is 450 g/mol. The Morgan fingerprint density at radius 3 is 2.71 bits per heavy atom. The summed E-state index contributed by atoms with van der Waals surface area (Å²) in [6.07, 6.45) is 3.48. The van der Waals surface area contributed by atoms with Crippen LogP contribution in [-0.4, -0.2) is 35.8 Å². The molecule has 0 saturated carbocycles. The van der Waals surface area contributed by atoms with Gasteiger partial charge in [0, 0.05) is 16.0 Å². The second kappa shape index (κ2) is 8.01. The van der Waals surface area contributed by atoms with Gasteiger partial charge >= 0.3 is 0 Å².